The molecule has 1 aromatic carbocycles. The molecule has 0 aliphatic carbocycles. The SMILES string of the molecule is CC1=NNC(=O)C(C(=O)Nc2nccs2)C1c1ccccc1. The van der Waals surface area contributed by atoms with E-state index in [1.54, 1.807) is 18.5 Å². The summed E-state index contributed by atoms with van der Waals surface area (Å²) in [6, 6.07) is 9.44. The molecule has 0 spiro atoms. The van der Waals surface area contributed by atoms with Crippen molar-refractivity contribution in [3.05, 3.63) is 47.5 Å². The number of carbonyl (C=O) groups excluding carboxylic acids is 2. The summed E-state index contributed by atoms with van der Waals surface area (Å²) in [5.74, 6) is -2.04. The Bertz CT molecular complexity index is 712. The van der Waals surface area contributed by atoms with Crippen LogP contribution in [0, 0.1) is 5.92 Å². The first-order chi connectivity index (χ1) is 10.7. The normalized spacial score (nSPS) is 21.0. The molecule has 2 amide bonds. The zero-order chi connectivity index (χ0) is 15.5. The fourth-order valence-electron chi connectivity index (χ4n) is 2.51. The number of hydrazone groups is 1. The lowest BCUT2D eigenvalue weighted by Gasteiger charge is -2.28. The Labute approximate surface area is 131 Å². The molecule has 0 radical (unpaired) electrons. The van der Waals surface area contributed by atoms with Crippen molar-refractivity contribution in [3.8, 4) is 0 Å². The topological polar surface area (TPSA) is 83.5 Å². The molecule has 2 N–H and O–H groups in total. The molecular weight excluding hydrogens is 300 g/mol. The lowest BCUT2D eigenvalue weighted by atomic mass is 9.81. The van der Waals surface area contributed by atoms with E-state index in [0.29, 0.717) is 10.8 Å². The third kappa shape index (κ3) is 2.75. The summed E-state index contributed by atoms with van der Waals surface area (Å²) < 4.78 is 0. The Morgan fingerprint density at radius 1 is 1.32 bits per heavy atom. The number of nitrogens with zero attached hydrogens (tertiary/aromatic N) is 2. The summed E-state index contributed by atoms with van der Waals surface area (Å²) in [5.41, 5.74) is 4.00. The molecule has 0 bridgehead atoms. The Hall–Kier alpha value is -2.54. The van der Waals surface area contributed by atoms with Crippen LogP contribution in [-0.4, -0.2) is 22.5 Å². The van der Waals surface area contributed by atoms with Crippen LogP contribution >= 0.6 is 11.3 Å². The number of anilines is 1. The van der Waals surface area contributed by atoms with Gasteiger partial charge in [-0.1, -0.05) is 30.3 Å². The quantitative estimate of drug-likeness (QED) is 0.850. The number of rotatable bonds is 3. The second-order valence-corrected chi connectivity index (χ2v) is 5.82. The van der Waals surface area contributed by atoms with Gasteiger partial charge in [-0.15, -0.1) is 11.3 Å². The van der Waals surface area contributed by atoms with Crippen molar-refractivity contribution in [2.24, 2.45) is 11.0 Å². The summed E-state index contributed by atoms with van der Waals surface area (Å²) in [6.07, 6.45) is 1.60. The van der Waals surface area contributed by atoms with E-state index >= 15 is 0 Å². The summed E-state index contributed by atoms with van der Waals surface area (Å²) in [4.78, 5) is 28.8. The van der Waals surface area contributed by atoms with Crippen LogP contribution < -0.4 is 10.7 Å². The Balaban J connectivity index is 1.93. The molecular formula is C15H14N4O2S. The molecule has 0 saturated heterocycles. The smallest absolute Gasteiger partial charge is 0.253 e. The molecule has 2 unspecified atom stereocenters. The van der Waals surface area contributed by atoms with E-state index in [-0.39, 0.29) is 11.8 Å². The first kappa shape index (κ1) is 14.4. The Morgan fingerprint density at radius 3 is 2.77 bits per heavy atom. The van der Waals surface area contributed by atoms with Gasteiger partial charge in [0.1, 0.15) is 5.92 Å². The average Bonchev–Trinajstić information content (AvgIpc) is 3.03. The van der Waals surface area contributed by atoms with Crippen molar-refractivity contribution in [1.29, 1.82) is 0 Å². The van der Waals surface area contributed by atoms with Gasteiger partial charge in [0.25, 0.3) is 5.91 Å². The molecule has 6 nitrogen and oxygen atoms in total. The van der Waals surface area contributed by atoms with E-state index in [1.807, 2.05) is 30.3 Å². The molecule has 0 saturated carbocycles. The van der Waals surface area contributed by atoms with E-state index in [9.17, 15) is 9.59 Å². The number of benzene rings is 1. The molecule has 2 aromatic rings. The van der Waals surface area contributed by atoms with E-state index in [1.165, 1.54) is 11.3 Å². The third-order valence-electron chi connectivity index (χ3n) is 3.51. The number of hydrogen-bond acceptors (Lipinski definition) is 5. The number of hydrogen-bond donors (Lipinski definition) is 2. The van der Waals surface area contributed by atoms with Crippen LogP contribution in [0.25, 0.3) is 0 Å². The minimum atomic E-state index is -0.871. The van der Waals surface area contributed by atoms with Gasteiger partial charge in [-0.2, -0.15) is 5.10 Å². The summed E-state index contributed by atoms with van der Waals surface area (Å²) in [5, 5.41) is 8.96. The maximum atomic E-state index is 12.5. The van der Waals surface area contributed by atoms with E-state index in [2.05, 4.69) is 20.8 Å². The van der Waals surface area contributed by atoms with Crippen molar-refractivity contribution in [1.82, 2.24) is 10.4 Å². The van der Waals surface area contributed by atoms with Crippen LogP contribution in [0.2, 0.25) is 0 Å². The van der Waals surface area contributed by atoms with Gasteiger partial charge in [0.2, 0.25) is 5.91 Å². The summed E-state index contributed by atoms with van der Waals surface area (Å²) >= 11 is 1.31. The van der Waals surface area contributed by atoms with Crippen LogP contribution in [0.1, 0.15) is 18.4 Å². The van der Waals surface area contributed by atoms with Crippen LogP contribution in [0.5, 0.6) is 0 Å². The minimum Gasteiger partial charge on any atom is -0.301 e. The van der Waals surface area contributed by atoms with Crippen LogP contribution in [0.3, 0.4) is 0 Å². The molecule has 22 heavy (non-hydrogen) atoms. The first-order valence-corrected chi connectivity index (χ1v) is 7.64. The molecule has 2 heterocycles. The predicted molar refractivity (Wildman–Crippen MR) is 84.7 cm³/mol. The van der Waals surface area contributed by atoms with Crippen LogP contribution in [-0.2, 0) is 9.59 Å². The molecule has 112 valence electrons. The summed E-state index contributed by atoms with van der Waals surface area (Å²) in [7, 11) is 0. The van der Waals surface area contributed by atoms with Crippen molar-refractivity contribution in [2.75, 3.05) is 5.32 Å². The van der Waals surface area contributed by atoms with Gasteiger partial charge in [0.15, 0.2) is 5.13 Å². The number of amides is 2. The Kier molecular flexibility index (Phi) is 3.97. The number of thiazole rings is 1. The Morgan fingerprint density at radius 2 is 2.09 bits per heavy atom. The van der Waals surface area contributed by atoms with Crippen molar-refractivity contribution < 1.29 is 9.59 Å². The zero-order valence-corrected chi connectivity index (χ0v) is 12.6. The second-order valence-electron chi connectivity index (χ2n) is 4.92. The number of nitrogens with one attached hydrogen (secondary N) is 2. The first-order valence-electron chi connectivity index (χ1n) is 6.76. The highest BCUT2D eigenvalue weighted by molar-refractivity contribution is 7.13. The monoisotopic (exact) mass is 314 g/mol. The largest absolute Gasteiger partial charge is 0.301 e. The maximum absolute atomic E-state index is 12.5. The number of aromatic nitrogens is 1. The summed E-state index contributed by atoms with van der Waals surface area (Å²) in [6.45, 7) is 1.81. The van der Waals surface area contributed by atoms with Gasteiger partial charge in [-0.3, -0.25) is 9.59 Å². The van der Waals surface area contributed by atoms with Gasteiger partial charge in [-0.05, 0) is 12.5 Å². The third-order valence-corrected chi connectivity index (χ3v) is 4.20. The van der Waals surface area contributed by atoms with Gasteiger partial charge < -0.3 is 5.32 Å². The fraction of sp³-hybridized carbons (Fsp3) is 0.200. The van der Waals surface area contributed by atoms with Gasteiger partial charge in [0, 0.05) is 23.2 Å². The average molecular weight is 314 g/mol. The molecule has 7 heteroatoms. The lowest BCUT2D eigenvalue weighted by molar-refractivity contribution is -0.133. The molecule has 0 fully saturated rings. The van der Waals surface area contributed by atoms with E-state index in [4.69, 9.17) is 0 Å². The van der Waals surface area contributed by atoms with Crippen molar-refractivity contribution in [2.45, 2.75) is 12.8 Å². The predicted octanol–water partition coefficient (Wildman–Crippen LogP) is 1.99. The van der Waals surface area contributed by atoms with Gasteiger partial charge >= 0.3 is 0 Å². The second kappa shape index (κ2) is 6.07. The highest BCUT2D eigenvalue weighted by atomic mass is 32.1. The highest BCUT2D eigenvalue weighted by Crippen LogP contribution is 2.30. The van der Waals surface area contributed by atoms with Gasteiger partial charge in [-0.25, -0.2) is 10.4 Å². The van der Waals surface area contributed by atoms with E-state index in [0.717, 1.165) is 5.56 Å². The van der Waals surface area contributed by atoms with Crippen LogP contribution in [0.4, 0.5) is 5.13 Å². The van der Waals surface area contributed by atoms with Gasteiger partial charge in [0.05, 0.1) is 0 Å². The minimum absolute atomic E-state index is 0.379. The maximum Gasteiger partial charge on any atom is 0.253 e. The highest BCUT2D eigenvalue weighted by Gasteiger charge is 2.40. The molecule has 1 aliphatic heterocycles. The number of carbonyl (C=O) groups is 2. The molecule has 1 aromatic heterocycles. The van der Waals surface area contributed by atoms with E-state index < -0.39 is 11.8 Å². The zero-order valence-electron chi connectivity index (χ0n) is 11.8. The molecule has 1 aliphatic rings. The molecule has 3 rings (SSSR count). The van der Waals surface area contributed by atoms with Crippen molar-refractivity contribution >= 4 is 34.0 Å². The lowest BCUT2D eigenvalue weighted by Crippen LogP contribution is -2.46. The molecule has 2 atom stereocenters. The standard InChI is InChI=1S/C15H14N4O2S/c1-9-11(10-5-3-2-4-6-10)12(14(21)19-18-9)13(20)17-15-16-7-8-22-15/h2-8,11-12H,1H3,(H,19,21)(H,16,17,20). The fourth-order valence-corrected chi connectivity index (χ4v) is 3.04. The van der Waals surface area contributed by atoms with Crippen molar-refractivity contribution in [3.63, 3.8) is 0 Å². The van der Waals surface area contributed by atoms with Crippen LogP contribution in [0.15, 0.2) is 47.0 Å².